The summed E-state index contributed by atoms with van der Waals surface area (Å²) in [6.07, 6.45) is 14.6. The van der Waals surface area contributed by atoms with E-state index in [4.69, 9.17) is 0 Å². The van der Waals surface area contributed by atoms with Gasteiger partial charge in [0, 0.05) is 6.42 Å². The predicted molar refractivity (Wildman–Crippen MR) is 67.1 cm³/mol. The van der Waals surface area contributed by atoms with Gasteiger partial charge < -0.3 is 0 Å². The normalized spacial score (nSPS) is 32.5. The van der Waals surface area contributed by atoms with Crippen LogP contribution in [0.5, 0.6) is 0 Å². The van der Waals surface area contributed by atoms with Crippen LogP contribution >= 0.6 is 0 Å². The maximum atomic E-state index is 12.1. The molecule has 0 heterocycles. The molecule has 2 atom stereocenters. The predicted octanol–water partition coefficient (Wildman–Crippen LogP) is 3.82. The molecule has 86 valence electrons. The number of ketones is 1. The fourth-order valence-corrected chi connectivity index (χ4v) is 2.81. The van der Waals surface area contributed by atoms with Crippen molar-refractivity contribution in [1.29, 1.82) is 0 Å². The first-order valence-electron chi connectivity index (χ1n) is 6.28. The maximum absolute atomic E-state index is 12.1. The summed E-state index contributed by atoms with van der Waals surface area (Å²) in [6.45, 7) is 4.27. The SMILES string of the molecule is CCCC[C@@H]1CC(=O)C2(C)C=CC=CC=C12. The van der Waals surface area contributed by atoms with Crippen molar-refractivity contribution in [1.82, 2.24) is 0 Å². The van der Waals surface area contributed by atoms with E-state index < -0.39 is 0 Å². The molecule has 0 aromatic rings. The third-order valence-corrected chi connectivity index (χ3v) is 3.88. The smallest absolute Gasteiger partial charge is 0.147 e. The van der Waals surface area contributed by atoms with Gasteiger partial charge in [-0.2, -0.15) is 0 Å². The van der Waals surface area contributed by atoms with Gasteiger partial charge in [-0.15, -0.1) is 0 Å². The number of hydrogen-bond donors (Lipinski definition) is 0. The Balaban J connectivity index is 2.27. The number of carbonyl (C=O) groups is 1. The topological polar surface area (TPSA) is 17.1 Å². The molecule has 2 aliphatic rings. The molecule has 1 saturated carbocycles. The lowest BCUT2D eigenvalue weighted by atomic mass is 9.81. The lowest BCUT2D eigenvalue weighted by Gasteiger charge is -2.21. The van der Waals surface area contributed by atoms with Crippen LogP contribution in [0.15, 0.2) is 36.0 Å². The van der Waals surface area contributed by atoms with Crippen LogP contribution in [-0.2, 0) is 4.79 Å². The van der Waals surface area contributed by atoms with Crippen molar-refractivity contribution >= 4 is 5.78 Å². The van der Waals surface area contributed by atoms with Crippen LogP contribution in [-0.4, -0.2) is 5.78 Å². The Morgan fingerprint density at radius 1 is 1.38 bits per heavy atom. The van der Waals surface area contributed by atoms with Crippen LogP contribution in [0.1, 0.15) is 39.5 Å². The van der Waals surface area contributed by atoms with Gasteiger partial charge in [-0.05, 0) is 24.8 Å². The summed E-state index contributed by atoms with van der Waals surface area (Å²) in [5, 5.41) is 0. The number of carbonyl (C=O) groups excluding carboxylic acids is 1. The number of rotatable bonds is 3. The highest BCUT2D eigenvalue weighted by atomic mass is 16.1. The van der Waals surface area contributed by atoms with Gasteiger partial charge in [-0.1, -0.05) is 50.1 Å². The molecule has 0 N–H and O–H groups in total. The molecule has 16 heavy (non-hydrogen) atoms. The molecule has 0 aliphatic heterocycles. The molecule has 0 spiro atoms. The van der Waals surface area contributed by atoms with E-state index >= 15 is 0 Å². The minimum atomic E-state index is -0.318. The van der Waals surface area contributed by atoms with E-state index in [2.05, 4.69) is 32.1 Å². The summed E-state index contributed by atoms with van der Waals surface area (Å²) in [5.74, 6) is 0.865. The molecular formula is C15H20O. The van der Waals surface area contributed by atoms with Crippen LogP contribution in [0.3, 0.4) is 0 Å². The fraction of sp³-hybridized carbons (Fsp3) is 0.533. The van der Waals surface area contributed by atoms with E-state index in [0.29, 0.717) is 11.7 Å². The number of allylic oxidation sites excluding steroid dienone is 6. The Morgan fingerprint density at radius 3 is 2.94 bits per heavy atom. The van der Waals surface area contributed by atoms with Crippen molar-refractivity contribution in [3.05, 3.63) is 36.0 Å². The zero-order chi connectivity index (χ0) is 11.6. The molecular weight excluding hydrogens is 196 g/mol. The molecule has 1 nitrogen and oxygen atoms in total. The molecule has 1 unspecified atom stereocenters. The maximum Gasteiger partial charge on any atom is 0.147 e. The average molecular weight is 216 g/mol. The molecule has 0 saturated heterocycles. The van der Waals surface area contributed by atoms with E-state index in [1.54, 1.807) is 0 Å². The van der Waals surface area contributed by atoms with Gasteiger partial charge >= 0.3 is 0 Å². The van der Waals surface area contributed by atoms with Crippen molar-refractivity contribution in [2.75, 3.05) is 0 Å². The van der Waals surface area contributed by atoms with E-state index in [1.807, 2.05) is 12.2 Å². The van der Waals surface area contributed by atoms with Crippen molar-refractivity contribution in [2.45, 2.75) is 39.5 Å². The van der Waals surface area contributed by atoms with Crippen molar-refractivity contribution < 1.29 is 4.79 Å². The monoisotopic (exact) mass is 216 g/mol. The van der Waals surface area contributed by atoms with Gasteiger partial charge in [0.1, 0.15) is 5.78 Å². The summed E-state index contributed by atoms with van der Waals surface area (Å²) in [4.78, 5) is 12.1. The first-order valence-corrected chi connectivity index (χ1v) is 6.28. The van der Waals surface area contributed by atoms with Crippen LogP contribution in [0.25, 0.3) is 0 Å². The number of fused-ring (bicyclic) bond motifs is 1. The van der Waals surface area contributed by atoms with Crippen LogP contribution < -0.4 is 0 Å². The molecule has 2 rings (SSSR count). The second kappa shape index (κ2) is 4.40. The summed E-state index contributed by atoms with van der Waals surface area (Å²) >= 11 is 0. The van der Waals surface area contributed by atoms with Gasteiger partial charge in [-0.25, -0.2) is 0 Å². The van der Waals surface area contributed by atoms with E-state index in [9.17, 15) is 4.79 Å². The molecule has 0 bridgehead atoms. The molecule has 2 aliphatic carbocycles. The van der Waals surface area contributed by atoms with Gasteiger partial charge in [0.2, 0.25) is 0 Å². The van der Waals surface area contributed by atoms with Crippen molar-refractivity contribution in [3.8, 4) is 0 Å². The van der Waals surface area contributed by atoms with Gasteiger partial charge in [0.05, 0.1) is 5.41 Å². The lowest BCUT2D eigenvalue weighted by molar-refractivity contribution is -0.122. The standard InChI is InChI=1S/C15H20O/c1-3-4-8-12-11-14(16)15(2)10-7-5-6-9-13(12)15/h5-7,9-10,12H,3-4,8,11H2,1-2H3/t12-,15?/m1/s1. The average Bonchev–Trinajstić information content (AvgIpc) is 2.44. The van der Waals surface area contributed by atoms with E-state index in [0.717, 1.165) is 12.8 Å². The fourth-order valence-electron chi connectivity index (χ4n) is 2.81. The Hall–Kier alpha value is -1.11. The number of unbranched alkanes of at least 4 members (excludes halogenated alkanes) is 1. The van der Waals surface area contributed by atoms with Crippen molar-refractivity contribution in [3.63, 3.8) is 0 Å². The van der Waals surface area contributed by atoms with Crippen LogP contribution in [0.4, 0.5) is 0 Å². The van der Waals surface area contributed by atoms with Crippen LogP contribution in [0.2, 0.25) is 0 Å². The first kappa shape index (κ1) is 11.4. The molecule has 0 aromatic heterocycles. The van der Waals surface area contributed by atoms with Gasteiger partial charge in [0.15, 0.2) is 0 Å². The van der Waals surface area contributed by atoms with Gasteiger partial charge in [-0.3, -0.25) is 4.79 Å². The van der Waals surface area contributed by atoms with Gasteiger partial charge in [0.25, 0.3) is 0 Å². The highest BCUT2D eigenvalue weighted by molar-refractivity contribution is 5.93. The molecule has 1 fully saturated rings. The first-order chi connectivity index (χ1) is 7.68. The van der Waals surface area contributed by atoms with Crippen molar-refractivity contribution in [2.24, 2.45) is 11.3 Å². The van der Waals surface area contributed by atoms with Crippen LogP contribution in [0, 0.1) is 11.3 Å². The van der Waals surface area contributed by atoms with E-state index in [1.165, 1.54) is 18.4 Å². The summed E-state index contributed by atoms with van der Waals surface area (Å²) in [6, 6.07) is 0. The minimum absolute atomic E-state index is 0.318. The molecule has 0 radical (unpaired) electrons. The third-order valence-electron chi connectivity index (χ3n) is 3.88. The summed E-state index contributed by atoms with van der Waals surface area (Å²) in [7, 11) is 0. The summed E-state index contributed by atoms with van der Waals surface area (Å²) in [5.41, 5.74) is 1.01. The number of hydrogen-bond acceptors (Lipinski definition) is 1. The number of Topliss-reactive ketones (excluding diaryl/α,β-unsaturated/α-hetero) is 1. The molecule has 1 heteroatoms. The zero-order valence-electron chi connectivity index (χ0n) is 10.2. The minimum Gasteiger partial charge on any atom is -0.298 e. The Morgan fingerprint density at radius 2 is 2.19 bits per heavy atom. The summed E-state index contributed by atoms with van der Waals surface area (Å²) < 4.78 is 0. The second-order valence-electron chi connectivity index (χ2n) is 5.03. The quantitative estimate of drug-likeness (QED) is 0.701. The lowest BCUT2D eigenvalue weighted by Crippen LogP contribution is -2.20. The largest absolute Gasteiger partial charge is 0.298 e. The highest BCUT2D eigenvalue weighted by Gasteiger charge is 2.44. The molecule has 0 aromatic carbocycles. The van der Waals surface area contributed by atoms with E-state index in [-0.39, 0.29) is 5.41 Å². The third kappa shape index (κ3) is 1.79. The zero-order valence-corrected chi connectivity index (χ0v) is 10.2. The Labute approximate surface area is 97.9 Å². The second-order valence-corrected chi connectivity index (χ2v) is 5.03. The Kier molecular flexibility index (Phi) is 3.13. The molecule has 0 amide bonds. The Bertz CT molecular complexity index is 373. The highest BCUT2D eigenvalue weighted by Crippen LogP contribution is 2.47.